The molecule has 5 aromatic rings. The van der Waals surface area contributed by atoms with Crippen LogP contribution in [0.2, 0.25) is 0 Å². The summed E-state index contributed by atoms with van der Waals surface area (Å²) in [6, 6.07) is 34.2. The van der Waals surface area contributed by atoms with Gasteiger partial charge in [-0.05, 0) is 52.6 Å². The van der Waals surface area contributed by atoms with E-state index < -0.39 is 0 Å². The van der Waals surface area contributed by atoms with Crippen LogP contribution in [-0.4, -0.2) is 15.7 Å². The van der Waals surface area contributed by atoms with E-state index in [0.717, 1.165) is 33.4 Å². The Bertz CT molecular complexity index is 1410. The number of anilines is 1. The molecule has 4 aromatic carbocycles. The summed E-state index contributed by atoms with van der Waals surface area (Å²) in [6.07, 6.45) is 0. The molecule has 0 fully saturated rings. The number of amides is 1. The minimum Gasteiger partial charge on any atom is -0.321 e. The molecule has 0 spiro atoms. The fourth-order valence-electron chi connectivity index (χ4n) is 4.05. The Morgan fingerprint density at radius 3 is 2.27 bits per heavy atom. The zero-order chi connectivity index (χ0) is 22.8. The zero-order valence-corrected chi connectivity index (χ0v) is 18.7. The van der Waals surface area contributed by atoms with Crippen LogP contribution in [0.15, 0.2) is 103 Å². The lowest BCUT2D eigenvalue weighted by atomic mass is 10.0. The lowest BCUT2D eigenvalue weighted by Crippen LogP contribution is -2.13. The van der Waals surface area contributed by atoms with Crippen LogP contribution in [0.1, 0.15) is 35.8 Å². The topological polar surface area (TPSA) is 46.9 Å². The lowest BCUT2D eigenvalue weighted by Gasteiger charge is -2.10. The molecule has 0 aliphatic rings. The van der Waals surface area contributed by atoms with Crippen molar-refractivity contribution in [2.45, 2.75) is 19.8 Å². The first kappa shape index (κ1) is 20.7. The molecule has 1 heterocycles. The normalized spacial score (nSPS) is 11.1. The highest BCUT2D eigenvalue weighted by Crippen LogP contribution is 2.31. The van der Waals surface area contributed by atoms with E-state index in [9.17, 15) is 4.79 Å². The van der Waals surface area contributed by atoms with E-state index in [2.05, 4.69) is 43.4 Å². The van der Waals surface area contributed by atoms with Crippen molar-refractivity contribution in [3.8, 4) is 16.9 Å². The quantitative estimate of drug-likeness (QED) is 0.323. The second kappa shape index (κ2) is 8.75. The Labute approximate surface area is 193 Å². The van der Waals surface area contributed by atoms with Crippen molar-refractivity contribution < 1.29 is 4.79 Å². The van der Waals surface area contributed by atoms with E-state index in [0.29, 0.717) is 11.6 Å². The van der Waals surface area contributed by atoms with Crippen LogP contribution < -0.4 is 5.32 Å². The van der Waals surface area contributed by atoms with E-state index >= 15 is 0 Å². The van der Waals surface area contributed by atoms with Crippen LogP contribution in [0.4, 0.5) is 5.69 Å². The van der Waals surface area contributed by atoms with E-state index in [1.54, 1.807) is 0 Å². The number of carbonyl (C=O) groups is 1. The highest BCUT2D eigenvalue weighted by molar-refractivity contribution is 6.04. The summed E-state index contributed by atoms with van der Waals surface area (Å²) in [4.78, 5) is 13.1. The largest absolute Gasteiger partial charge is 0.321 e. The first-order valence-corrected chi connectivity index (χ1v) is 11.1. The first-order valence-electron chi connectivity index (χ1n) is 11.1. The van der Waals surface area contributed by atoms with Gasteiger partial charge in [0.15, 0.2) is 5.69 Å². The lowest BCUT2D eigenvalue weighted by molar-refractivity contribution is 0.102. The van der Waals surface area contributed by atoms with Crippen molar-refractivity contribution in [2.75, 3.05) is 5.32 Å². The van der Waals surface area contributed by atoms with Crippen molar-refractivity contribution in [3.05, 3.63) is 114 Å². The minimum absolute atomic E-state index is 0.233. The molecule has 0 saturated heterocycles. The summed E-state index contributed by atoms with van der Waals surface area (Å²) in [5.74, 6) is 0.211. The average Bonchev–Trinajstić information content (AvgIpc) is 3.30. The number of para-hydroxylation sites is 1. The van der Waals surface area contributed by atoms with Crippen molar-refractivity contribution in [3.63, 3.8) is 0 Å². The Morgan fingerprint density at radius 1 is 0.818 bits per heavy atom. The van der Waals surface area contributed by atoms with Gasteiger partial charge in [-0.3, -0.25) is 4.79 Å². The predicted octanol–water partition coefficient (Wildman–Crippen LogP) is 7.07. The predicted molar refractivity (Wildman–Crippen MR) is 135 cm³/mol. The maximum absolute atomic E-state index is 13.1. The van der Waals surface area contributed by atoms with E-state index in [4.69, 9.17) is 5.10 Å². The van der Waals surface area contributed by atoms with Crippen molar-refractivity contribution in [2.24, 2.45) is 0 Å². The van der Waals surface area contributed by atoms with Gasteiger partial charge in [0.25, 0.3) is 5.91 Å². The van der Waals surface area contributed by atoms with Gasteiger partial charge < -0.3 is 5.32 Å². The molecule has 1 N–H and O–H groups in total. The summed E-state index contributed by atoms with van der Waals surface area (Å²) in [5, 5.41) is 9.96. The highest BCUT2D eigenvalue weighted by Gasteiger charge is 2.18. The van der Waals surface area contributed by atoms with Gasteiger partial charge in [-0.15, -0.1) is 0 Å². The summed E-state index contributed by atoms with van der Waals surface area (Å²) in [7, 11) is 0. The maximum atomic E-state index is 13.1. The molecule has 0 radical (unpaired) electrons. The summed E-state index contributed by atoms with van der Waals surface area (Å²) < 4.78 is 1.85. The number of hydrogen-bond acceptors (Lipinski definition) is 2. The monoisotopic (exact) mass is 431 g/mol. The third-order valence-electron chi connectivity index (χ3n) is 5.84. The Balaban J connectivity index is 1.57. The molecule has 0 aliphatic heterocycles. The minimum atomic E-state index is -0.233. The van der Waals surface area contributed by atoms with Crippen LogP contribution >= 0.6 is 0 Å². The second-order valence-electron chi connectivity index (χ2n) is 8.42. The summed E-state index contributed by atoms with van der Waals surface area (Å²) >= 11 is 0. The average molecular weight is 432 g/mol. The van der Waals surface area contributed by atoms with Crippen molar-refractivity contribution in [1.29, 1.82) is 0 Å². The van der Waals surface area contributed by atoms with Gasteiger partial charge in [-0.1, -0.05) is 86.6 Å². The fourth-order valence-corrected chi connectivity index (χ4v) is 4.05. The molecule has 5 rings (SSSR count). The molecule has 0 bridgehead atoms. The molecule has 4 heteroatoms. The number of nitrogens with zero attached hydrogens (tertiary/aromatic N) is 2. The van der Waals surface area contributed by atoms with Gasteiger partial charge in [0.2, 0.25) is 0 Å². The standard InChI is InChI=1S/C29H25N3O/c1-20(2)21-15-17-23(18-16-21)30-29(33)27-19-28(32(31-27)24-11-4-3-5-12-24)26-14-8-10-22-9-6-7-13-25(22)26/h3-20H,1-2H3,(H,30,33). The molecule has 0 aliphatic carbocycles. The molecule has 0 atom stereocenters. The maximum Gasteiger partial charge on any atom is 0.276 e. The van der Waals surface area contributed by atoms with Gasteiger partial charge in [-0.25, -0.2) is 4.68 Å². The second-order valence-corrected chi connectivity index (χ2v) is 8.42. The molecular formula is C29H25N3O. The summed E-state index contributed by atoms with van der Waals surface area (Å²) in [6.45, 7) is 4.30. The van der Waals surface area contributed by atoms with E-state index in [1.807, 2.05) is 83.5 Å². The number of carbonyl (C=O) groups excluding carboxylic acids is 1. The Morgan fingerprint density at radius 2 is 1.52 bits per heavy atom. The first-order chi connectivity index (χ1) is 16.1. The number of rotatable bonds is 5. The van der Waals surface area contributed by atoms with Crippen LogP contribution in [0.25, 0.3) is 27.7 Å². The molecule has 4 nitrogen and oxygen atoms in total. The summed E-state index contributed by atoms with van der Waals surface area (Å²) in [5.41, 5.74) is 5.17. The van der Waals surface area contributed by atoms with Crippen LogP contribution in [0.3, 0.4) is 0 Å². The molecule has 1 aromatic heterocycles. The van der Waals surface area contributed by atoms with Gasteiger partial charge in [-0.2, -0.15) is 5.10 Å². The van der Waals surface area contributed by atoms with Crippen molar-refractivity contribution >= 4 is 22.4 Å². The van der Waals surface area contributed by atoms with E-state index in [-0.39, 0.29) is 5.91 Å². The van der Waals surface area contributed by atoms with Crippen LogP contribution in [-0.2, 0) is 0 Å². The smallest absolute Gasteiger partial charge is 0.276 e. The number of fused-ring (bicyclic) bond motifs is 1. The fraction of sp³-hybridized carbons (Fsp3) is 0.103. The molecule has 162 valence electrons. The van der Waals surface area contributed by atoms with Gasteiger partial charge in [0, 0.05) is 11.3 Å². The van der Waals surface area contributed by atoms with Gasteiger partial charge >= 0.3 is 0 Å². The molecular weight excluding hydrogens is 406 g/mol. The SMILES string of the molecule is CC(C)c1ccc(NC(=O)c2cc(-c3cccc4ccccc34)n(-c3ccccc3)n2)cc1. The number of benzene rings is 4. The zero-order valence-electron chi connectivity index (χ0n) is 18.7. The number of nitrogens with one attached hydrogen (secondary N) is 1. The highest BCUT2D eigenvalue weighted by atomic mass is 16.1. The van der Waals surface area contributed by atoms with Gasteiger partial charge in [0.1, 0.15) is 0 Å². The molecule has 0 unspecified atom stereocenters. The van der Waals surface area contributed by atoms with Gasteiger partial charge in [0.05, 0.1) is 11.4 Å². The molecule has 0 saturated carbocycles. The van der Waals surface area contributed by atoms with Crippen LogP contribution in [0, 0.1) is 0 Å². The Kier molecular flexibility index (Phi) is 5.49. The molecule has 33 heavy (non-hydrogen) atoms. The number of hydrogen-bond donors (Lipinski definition) is 1. The third-order valence-corrected chi connectivity index (χ3v) is 5.84. The number of aromatic nitrogens is 2. The van der Waals surface area contributed by atoms with Crippen molar-refractivity contribution in [1.82, 2.24) is 9.78 Å². The van der Waals surface area contributed by atoms with E-state index in [1.165, 1.54) is 5.56 Å². The van der Waals surface area contributed by atoms with Crippen LogP contribution in [0.5, 0.6) is 0 Å². The third kappa shape index (κ3) is 4.15. The Hall–Kier alpha value is -4.18. The molecule has 1 amide bonds.